The Bertz CT molecular complexity index is 1390. The molecule has 12 unspecified atom stereocenters. The van der Waals surface area contributed by atoms with Crippen molar-refractivity contribution in [2.24, 2.45) is 28.6 Å². The molecule has 3 aliphatic carbocycles. The summed E-state index contributed by atoms with van der Waals surface area (Å²) < 4.78 is 23.4. The molecular formula is C36H58O12P2+2. The molecule has 0 spiro atoms. The van der Waals surface area contributed by atoms with Crippen molar-refractivity contribution in [3.63, 3.8) is 0 Å². The highest BCUT2D eigenvalue weighted by Gasteiger charge is 2.67. The average Bonchev–Trinajstić information content (AvgIpc) is 2.98. The summed E-state index contributed by atoms with van der Waals surface area (Å²) in [5, 5.41) is 31.7. The first-order chi connectivity index (χ1) is 23.1. The van der Waals surface area contributed by atoms with Crippen molar-refractivity contribution in [2.45, 2.75) is 136 Å². The maximum atomic E-state index is 13.6. The third-order valence-electron chi connectivity index (χ3n) is 11.4. The van der Waals surface area contributed by atoms with Gasteiger partial charge in [-0.1, -0.05) is 32.4 Å². The van der Waals surface area contributed by atoms with Crippen LogP contribution in [0.2, 0.25) is 0 Å². The van der Waals surface area contributed by atoms with E-state index in [1.807, 2.05) is 13.8 Å². The van der Waals surface area contributed by atoms with E-state index in [0.717, 1.165) is 27.7 Å². The van der Waals surface area contributed by atoms with Crippen molar-refractivity contribution < 1.29 is 58.2 Å². The summed E-state index contributed by atoms with van der Waals surface area (Å²) in [7, 11) is 3.92. The van der Waals surface area contributed by atoms with Gasteiger partial charge in [-0.3, -0.25) is 9.59 Å². The molecule has 3 rings (SSSR count). The Kier molecular flexibility index (Phi) is 13.9. The second kappa shape index (κ2) is 16.5. The molecule has 2 bridgehead atoms. The molecule has 4 N–H and O–H groups in total. The third-order valence-corrected chi connectivity index (χ3v) is 12.7. The number of rotatable bonds is 12. The molecule has 50 heavy (non-hydrogen) atoms. The van der Waals surface area contributed by atoms with E-state index in [2.05, 4.69) is 16.2 Å². The van der Waals surface area contributed by atoms with Crippen LogP contribution in [0, 0.1) is 28.6 Å². The van der Waals surface area contributed by atoms with Crippen LogP contribution in [0.1, 0.15) is 100 Å². The minimum absolute atomic E-state index is 0.163. The lowest BCUT2D eigenvalue weighted by Crippen LogP contribution is -2.69. The van der Waals surface area contributed by atoms with Gasteiger partial charge in [-0.25, -0.2) is 9.59 Å². The molecule has 0 aromatic heterocycles. The molecule has 2 saturated carbocycles. The van der Waals surface area contributed by atoms with Crippen LogP contribution < -0.4 is 0 Å². The Balaban J connectivity index is 2.19. The lowest BCUT2D eigenvalue weighted by Gasteiger charge is -2.63. The predicted molar refractivity (Wildman–Crippen MR) is 193 cm³/mol. The highest BCUT2D eigenvalue weighted by atomic mass is 31.0. The largest absolute Gasteiger partial charge is 0.565 e. The molecule has 0 amide bonds. The van der Waals surface area contributed by atoms with E-state index in [-0.39, 0.29) is 24.9 Å². The van der Waals surface area contributed by atoms with Crippen molar-refractivity contribution in [1.82, 2.24) is 0 Å². The van der Waals surface area contributed by atoms with Crippen molar-refractivity contribution in [3.8, 4) is 0 Å². The van der Waals surface area contributed by atoms with Gasteiger partial charge in [0, 0.05) is 48.0 Å². The first-order valence-electron chi connectivity index (χ1n) is 17.4. The molecule has 14 heteroatoms. The number of allylic oxidation sites excluding steroid dienone is 1. The topological polar surface area (TPSA) is 186 Å². The average molecular weight is 745 g/mol. The fourth-order valence-electron chi connectivity index (χ4n) is 8.73. The van der Waals surface area contributed by atoms with Gasteiger partial charge in [0.2, 0.25) is 0 Å². The molecule has 0 aromatic carbocycles. The molecule has 0 aliphatic heterocycles. The fraction of sp³-hybridized carbons (Fsp3) is 0.750. The van der Waals surface area contributed by atoms with Gasteiger partial charge in [0.1, 0.15) is 30.3 Å². The summed E-state index contributed by atoms with van der Waals surface area (Å²) in [6.45, 7) is 13.9. The molecule has 12 nitrogen and oxygen atoms in total. The van der Waals surface area contributed by atoms with Gasteiger partial charge in [0.25, 0.3) is 0 Å². The van der Waals surface area contributed by atoms with Crippen molar-refractivity contribution in [2.75, 3.05) is 6.61 Å². The highest BCUT2D eigenvalue weighted by Crippen LogP contribution is 2.63. The Hall–Kier alpha value is -2.39. The first-order valence-corrected chi connectivity index (χ1v) is 18.7. The standard InChI is InChI=1S/C36H56O12P2/c1-18(2)14-23(16-26(39)40)28(41)32(42)47-25-17-36(44)30(48-33(43)50)24-15-22(10-9-13-45-20(4)37)11-12-35(24,8)31(49)29(46-21(5)38)27(19(25)3)34(36,6)7/h14,22-25,28-31,41,44H,9-13,15-17,49-50H2,1-8H3,(H,39,40)/p+2. The number of hydrogen-bond acceptors (Lipinski definition) is 11. The summed E-state index contributed by atoms with van der Waals surface area (Å²) >= 11 is 0. The molecule has 0 aromatic rings. The van der Waals surface area contributed by atoms with Crippen LogP contribution in [0.5, 0.6) is 0 Å². The van der Waals surface area contributed by atoms with E-state index in [1.54, 1.807) is 26.8 Å². The number of aliphatic hydroxyl groups is 2. The van der Waals surface area contributed by atoms with E-state index in [0.29, 0.717) is 30.4 Å². The van der Waals surface area contributed by atoms with Gasteiger partial charge in [-0.15, -0.1) is 9.24 Å². The Morgan fingerprint density at radius 2 is 1.70 bits per heavy atom. The monoisotopic (exact) mass is 744 g/mol. The zero-order chi connectivity index (χ0) is 37.9. The third kappa shape index (κ3) is 8.97. The lowest BCUT2D eigenvalue weighted by molar-refractivity contribution is -0.216. The van der Waals surface area contributed by atoms with E-state index < -0.39 is 88.4 Å². The van der Waals surface area contributed by atoms with Crippen LogP contribution in [-0.2, 0) is 38.1 Å². The fourth-order valence-corrected chi connectivity index (χ4v) is 9.60. The minimum Gasteiger partial charge on any atom is -0.565 e. The van der Waals surface area contributed by atoms with Crippen molar-refractivity contribution in [1.29, 1.82) is 0 Å². The normalized spacial score (nSPS) is 33.0. The predicted octanol–water partition coefficient (Wildman–Crippen LogP) is 4.03. The maximum absolute atomic E-state index is 13.6. The van der Waals surface area contributed by atoms with E-state index in [4.69, 9.17) is 24.1 Å². The molecule has 3 aliphatic rings. The summed E-state index contributed by atoms with van der Waals surface area (Å²) in [6, 6.07) is 0. The van der Waals surface area contributed by atoms with Crippen LogP contribution in [0.25, 0.3) is 0 Å². The van der Waals surface area contributed by atoms with Gasteiger partial charge < -0.3 is 34.3 Å². The van der Waals surface area contributed by atoms with Crippen LogP contribution in [-0.4, -0.2) is 87.2 Å². The van der Waals surface area contributed by atoms with Crippen LogP contribution in [0.3, 0.4) is 0 Å². The molecule has 2 fully saturated rings. The smallest absolute Gasteiger partial charge is 0.516 e. The quantitative estimate of drug-likeness (QED) is 0.0734. The highest BCUT2D eigenvalue weighted by molar-refractivity contribution is 7.39. The second-order valence-corrected chi connectivity index (χ2v) is 16.8. The molecule has 0 saturated heterocycles. The number of esters is 3. The maximum Gasteiger partial charge on any atom is 0.516 e. The molecule has 0 radical (unpaired) electrons. The zero-order valence-electron chi connectivity index (χ0n) is 30.7. The van der Waals surface area contributed by atoms with Gasteiger partial charge in [-0.05, 0) is 75.4 Å². The van der Waals surface area contributed by atoms with Gasteiger partial charge >= 0.3 is 29.6 Å². The number of aliphatic hydroxyl groups excluding tert-OH is 1. The number of carbonyl (C=O) groups excluding carboxylic acids is 5. The first kappa shape index (κ1) is 42.0. The van der Waals surface area contributed by atoms with E-state index in [1.165, 1.54) is 13.8 Å². The molecule has 282 valence electrons. The molecule has 0 heterocycles. The SMILES string of the molecule is CC(=O)OCCCC1CCC2(C)C(P)C(OC(C)=O)C3=C(C)C(OC(=O)C(O)C(C=C(C)C)CC(=O)[OH2+])CC(O)(C(OC(=O)[PH3+])C2C1)C3(C)C. The van der Waals surface area contributed by atoms with E-state index in [9.17, 15) is 34.2 Å². The van der Waals surface area contributed by atoms with E-state index >= 15 is 0 Å². The second-order valence-electron chi connectivity index (χ2n) is 15.5. The Morgan fingerprint density at radius 3 is 2.24 bits per heavy atom. The van der Waals surface area contributed by atoms with Crippen LogP contribution in [0.15, 0.2) is 22.8 Å². The zero-order valence-corrected chi connectivity index (χ0v) is 33.3. The van der Waals surface area contributed by atoms with Gasteiger partial charge in [-0.2, -0.15) is 0 Å². The Labute approximate surface area is 299 Å². The Morgan fingerprint density at radius 1 is 1.06 bits per heavy atom. The lowest BCUT2D eigenvalue weighted by atomic mass is 9.48. The molecule has 12 atom stereocenters. The van der Waals surface area contributed by atoms with Crippen LogP contribution >= 0.6 is 18.5 Å². The van der Waals surface area contributed by atoms with Gasteiger partial charge in [0.15, 0.2) is 6.10 Å². The number of fused-ring (bicyclic) bond motifs is 3. The number of ether oxygens (including phenoxy) is 4. The van der Waals surface area contributed by atoms with Gasteiger partial charge in [0.05, 0.1) is 15.8 Å². The minimum atomic E-state index is -1.83. The number of carbonyl (C=O) groups is 5. The van der Waals surface area contributed by atoms with Crippen molar-refractivity contribution in [3.05, 3.63) is 22.8 Å². The summed E-state index contributed by atoms with van der Waals surface area (Å²) in [6.07, 6.45) is -0.376. The molecular weight excluding hydrogens is 686 g/mol. The number of hydrogen-bond donors (Lipinski definition) is 2. The summed E-state index contributed by atoms with van der Waals surface area (Å²) in [4.78, 5) is 62.3. The summed E-state index contributed by atoms with van der Waals surface area (Å²) in [5.41, 5.74) is -2.75. The van der Waals surface area contributed by atoms with Crippen molar-refractivity contribution >= 4 is 48.1 Å². The van der Waals surface area contributed by atoms with Crippen LogP contribution in [0.4, 0.5) is 4.79 Å². The summed E-state index contributed by atoms with van der Waals surface area (Å²) in [5.74, 6) is -4.12.